The molecule has 22 heavy (non-hydrogen) atoms. The van der Waals surface area contributed by atoms with Crippen molar-refractivity contribution in [3.63, 3.8) is 0 Å². The van der Waals surface area contributed by atoms with Gasteiger partial charge in [0.1, 0.15) is 0 Å². The van der Waals surface area contributed by atoms with Gasteiger partial charge in [0.25, 0.3) is 17.3 Å². The van der Waals surface area contributed by atoms with Gasteiger partial charge < -0.3 is 5.11 Å². The number of alkyl halides is 3. The predicted molar refractivity (Wildman–Crippen MR) is 68.0 cm³/mol. The molecule has 0 saturated heterocycles. The lowest BCUT2D eigenvalue weighted by atomic mass is 10.1. The van der Waals surface area contributed by atoms with E-state index < -0.39 is 29.2 Å². The Bertz CT molecular complexity index is 657. The van der Waals surface area contributed by atoms with Crippen molar-refractivity contribution in [2.75, 3.05) is 0 Å². The van der Waals surface area contributed by atoms with E-state index in [1.807, 2.05) is 0 Å². The predicted octanol–water partition coefficient (Wildman–Crippen LogP) is 2.07. The van der Waals surface area contributed by atoms with Crippen LogP contribution in [0.1, 0.15) is 23.7 Å². The number of nitro benzene ring substituents is 1. The number of carbonyl (C=O) groups is 1. The first-order valence-electron chi connectivity index (χ1n) is 5.98. The minimum atomic E-state index is -5.09. The lowest BCUT2D eigenvalue weighted by molar-refractivity contribution is -0.384. The van der Waals surface area contributed by atoms with Gasteiger partial charge in [0, 0.05) is 29.8 Å². The van der Waals surface area contributed by atoms with E-state index in [0.29, 0.717) is 0 Å². The van der Waals surface area contributed by atoms with E-state index in [0.717, 1.165) is 24.3 Å². The summed E-state index contributed by atoms with van der Waals surface area (Å²) in [5, 5.41) is 23.7. The summed E-state index contributed by atoms with van der Waals surface area (Å²) in [7, 11) is 0. The third-order valence-electron chi connectivity index (χ3n) is 3.09. The number of rotatable bonds is 2. The van der Waals surface area contributed by atoms with Gasteiger partial charge in [-0.15, -0.1) is 0 Å². The van der Waals surface area contributed by atoms with Gasteiger partial charge in [0.2, 0.25) is 0 Å². The third kappa shape index (κ3) is 2.52. The Labute approximate surface area is 121 Å². The molecule has 0 saturated carbocycles. The quantitative estimate of drug-likeness (QED) is 0.667. The first kappa shape index (κ1) is 15.9. The van der Waals surface area contributed by atoms with Crippen molar-refractivity contribution >= 4 is 17.3 Å². The zero-order chi connectivity index (χ0) is 16.7. The SMILES string of the molecule is CC1=NN(C(=O)c2ccc([N+](=O)[O-])cc2)C(O)(C(F)(F)F)C1. The molecule has 118 valence electrons. The van der Waals surface area contributed by atoms with E-state index in [4.69, 9.17) is 0 Å². The number of hydrogen-bond donors (Lipinski definition) is 1. The Morgan fingerprint density at radius 3 is 2.41 bits per heavy atom. The van der Waals surface area contributed by atoms with Crippen molar-refractivity contribution in [3.8, 4) is 0 Å². The van der Waals surface area contributed by atoms with Gasteiger partial charge in [-0.05, 0) is 19.1 Å². The largest absolute Gasteiger partial charge is 0.438 e. The summed E-state index contributed by atoms with van der Waals surface area (Å²) < 4.78 is 39.0. The molecular weight excluding hydrogens is 307 g/mol. The highest BCUT2D eigenvalue weighted by molar-refractivity contribution is 5.98. The lowest BCUT2D eigenvalue weighted by Gasteiger charge is -2.32. The Kier molecular flexibility index (Phi) is 3.65. The second-order valence-electron chi connectivity index (χ2n) is 4.75. The monoisotopic (exact) mass is 317 g/mol. The van der Waals surface area contributed by atoms with Crippen LogP contribution in [0.15, 0.2) is 29.4 Å². The van der Waals surface area contributed by atoms with E-state index in [9.17, 15) is 33.2 Å². The molecule has 0 spiro atoms. The molecule has 1 amide bonds. The van der Waals surface area contributed by atoms with E-state index in [1.165, 1.54) is 6.92 Å². The van der Waals surface area contributed by atoms with Gasteiger partial charge >= 0.3 is 6.18 Å². The van der Waals surface area contributed by atoms with Gasteiger partial charge in [-0.2, -0.15) is 23.3 Å². The van der Waals surface area contributed by atoms with Crippen LogP contribution in [0.25, 0.3) is 0 Å². The fraction of sp³-hybridized carbons (Fsp3) is 0.333. The lowest BCUT2D eigenvalue weighted by Crippen LogP contribution is -2.56. The Morgan fingerprint density at radius 2 is 1.95 bits per heavy atom. The normalized spacial score (nSPS) is 21.7. The van der Waals surface area contributed by atoms with Gasteiger partial charge in [0.15, 0.2) is 0 Å². The van der Waals surface area contributed by atoms with Crippen LogP contribution >= 0.6 is 0 Å². The van der Waals surface area contributed by atoms with Crippen molar-refractivity contribution in [1.82, 2.24) is 5.01 Å². The zero-order valence-electron chi connectivity index (χ0n) is 11.2. The molecule has 1 aliphatic heterocycles. The molecule has 1 atom stereocenters. The second kappa shape index (κ2) is 5.05. The van der Waals surface area contributed by atoms with E-state index in [2.05, 4.69) is 5.10 Å². The number of halogens is 3. The maximum Gasteiger partial charge on any atom is 0.438 e. The molecular formula is C12H10F3N3O4. The molecule has 0 bridgehead atoms. The molecule has 2 rings (SSSR count). The molecule has 1 N–H and O–H groups in total. The fourth-order valence-electron chi connectivity index (χ4n) is 2.00. The van der Waals surface area contributed by atoms with Crippen LogP contribution in [-0.2, 0) is 0 Å². The van der Waals surface area contributed by atoms with E-state index in [1.54, 1.807) is 0 Å². The number of aliphatic hydroxyl groups is 1. The van der Waals surface area contributed by atoms with Crippen molar-refractivity contribution < 1.29 is 28.0 Å². The average molecular weight is 317 g/mol. The van der Waals surface area contributed by atoms with Crippen LogP contribution in [0.3, 0.4) is 0 Å². The Morgan fingerprint density at radius 1 is 1.41 bits per heavy atom. The van der Waals surface area contributed by atoms with Crippen LogP contribution in [0.4, 0.5) is 18.9 Å². The minimum Gasteiger partial charge on any atom is -0.362 e. The molecule has 1 aliphatic rings. The summed E-state index contributed by atoms with van der Waals surface area (Å²) in [6.45, 7) is 1.25. The molecule has 0 aliphatic carbocycles. The number of hydrogen-bond acceptors (Lipinski definition) is 5. The molecule has 0 radical (unpaired) electrons. The molecule has 1 heterocycles. The Balaban J connectivity index is 2.36. The first-order chi connectivity index (χ1) is 10.1. The molecule has 0 fully saturated rings. The summed E-state index contributed by atoms with van der Waals surface area (Å²) in [5.41, 5.74) is -4.05. The van der Waals surface area contributed by atoms with E-state index in [-0.39, 0.29) is 22.0 Å². The molecule has 0 aromatic heterocycles. The third-order valence-corrected chi connectivity index (χ3v) is 3.09. The number of carbonyl (C=O) groups excluding carboxylic acids is 1. The van der Waals surface area contributed by atoms with Gasteiger partial charge in [0.05, 0.1) is 4.92 Å². The maximum atomic E-state index is 13.0. The van der Waals surface area contributed by atoms with Gasteiger partial charge in [-0.1, -0.05) is 0 Å². The van der Waals surface area contributed by atoms with Crippen molar-refractivity contribution in [2.24, 2.45) is 5.10 Å². The summed E-state index contributed by atoms with van der Waals surface area (Å²) in [6, 6.07) is 3.96. The van der Waals surface area contributed by atoms with Gasteiger partial charge in [-0.3, -0.25) is 14.9 Å². The number of nitrogens with zero attached hydrogens (tertiary/aromatic N) is 3. The number of nitro groups is 1. The molecule has 10 heteroatoms. The molecule has 7 nitrogen and oxygen atoms in total. The van der Waals surface area contributed by atoms with Crippen molar-refractivity contribution in [2.45, 2.75) is 25.2 Å². The maximum absolute atomic E-state index is 13.0. The van der Waals surface area contributed by atoms with Crippen LogP contribution in [-0.4, -0.2) is 38.6 Å². The number of benzene rings is 1. The van der Waals surface area contributed by atoms with Crippen molar-refractivity contribution in [1.29, 1.82) is 0 Å². The summed E-state index contributed by atoms with van der Waals surface area (Å²) >= 11 is 0. The highest BCUT2D eigenvalue weighted by Crippen LogP contribution is 2.40. The Hall–Kier alpha value is -2.49. The van der Waals surface area contributed by atoms with E-state index >= 15 is 0 Å². The van der Waals surface area contributed by atoms with Crippen LogP contribution in [0.2, 0.25) is 0 Å². The van der Waals surface area contributed by atoms with Crippen molar-refractivity contribution in [3.05, 3.63) is 39.9 Å². The number of non-ortho nitro benzene ring substituents is 1. The minimum absolute atomic E-state index is 0.0382. The highest BCUT2D eigenvalue weighted by atomic mass is 19.4. The fourth-order valence-corrected chi connectivity index (χ4v) is 2.00. The van der Waals surface area contributed by atoms with Gasteiger partial charge in [-0.25, -0.2) is 0 Å². The average Bonchev–Trinajstić information content (AvgIpc) is 2.74. The second-order valence-corrected chi connectivity index (χ2v) is 4.75. The summed E-state index contributed by atoms with van der Waals surface area (Å²) in [6.07, 6.45) is -5.94. The number of amides is 1. The molecule has 1 unspecified atom stereocenters. The summed E-state index contributed by atoms with van der Waals surface area (Å²) in [4.78, 5) is 21.9. The topological polar surface area (TPSA) is 96.0 Å². The zero-order valence-corrected chi connectivity index (χ0v) is 11.2. The van der Waals surface area contributed by atoms with Crippen LogP contribution in [0, 0.1) is 10.1 Å². The number of hydrazone groups is 1. The summed E-state index contributed by atoms with van der Waals surface area (Å²) in [5.74, 6) is -1.20. The standard InChI is InChI=1S/C12H10F3N3O4/c1-7-6-11(20,12(13,14)15)17(16-7)10(19)8-2-4-9(5-3-8)18(21)22/h2-5,20H,6H2,1H3. The first-order valence-corrected chi connectivity index (χ1v) is 5.98. The molecule has 1 aromatic carbocycles. The molecule has 1 aromatic rings. The van der Waals surface area contributed by atoms with Crippen LogP contribution < -0.4 is 0 Å². The van der Waals surface area contributed by atoms with Crippen LogP contribution in [0.5, 0.6) is 0 Å². The highest BCUT2D eigenvalue weighted by Gasteiger charge is 2.62. The smallest absolute Gasteiger partial charge is 0.362 e.